The molecule has 3 N–H and O–H groups in total. The first kappa shape index (κ1) is 15.1. The van der Waals surface area contributed by atoms with E-state index in [4.69, 9.17) is 11.6 Å². The summed E-state index contributed by atoms with van der Waals surface area (Å²) in [5.41, 5.74) is 1.75. The number of nitrogens with one attached hydrogen (secondary N) is 3. The number of H-pyrrole nitrogens is 1. The maximum atomic E-state index is 12.1. The monoisotopic (exact) mass is 306 g/mol. The second kappa shape index (κ2) is 6.90. The number of likely N-dealkylation sites (N-methyl/N-ethyl adjacent to an activating group) is 1. The lowest BCUT2D eigenvalue weighted by Crippen LogP contribution is -2.36. The second-order valence-electron chi connectivity index (χ2n) is 4.30. The van der Waals surface area contributed by atoms with Gasteiger partial charge in [0.15, 0.2) is 0 Å². The van der Waals surface area contributed by atoms with Crippen LogP contribution >= 0.6 is 11.6 Å². The topological polar surface area (TPSA) is 86.9 Å². The van der Waals surface area contributed by atoms with Crippen molar-refractivity contribution in [3.8, 4) is 11.3 Å². The number of hydrogen-bond donors (Lipinski definition) is 3. The summed E-state index contributed by atoms with van der Waals surface area (Å²) in [6.45, 7) is 2.27. The molecule has 0 saturated carbocycles. The number of benzene rings is 1. The number of halogens is 1. The van der Waals surface area contributed by atoms with Gasteiger partial charge < -0.3 is 10.6 Å². The molecule has 7 heteroatoms. The van der Waals surface area contributed by atoms with Crippen molar-refractivity contribution in [3.63, 3.8) is 0 Å². The molecule has 1 heterocycles. The first-order valence-corrected chi connectivity index (χ1v) is 6.83. The van der Waals surface area contributed by atoms with Crippen molar-refractivity contribution in [2.75, 3.05) is 13.1 Å². The molecule has 0 aliphatic rings. The fraction of sp³-hybridized carbons (Fsp3) is 0.214. The van der Waals surface area contributed by atoms with Crippen molar-refractivity contribution in [1.29, 1.82) is 0 Å². The van der Waals surface area contributed by atoms with E-state index in [0.717, 1.165) is 5.56 Å². The molecule has 2 rings (SSSR count). The molecule has 6 nitrogen and oxygen atoms in total. The Kier molecular flexibility index (Phi) is 4.94. The highest BCUT2D eigenvalue weighted by atomic mass is 35.5. The summed E-state index contributed by atoms with van der Waals surface area (Å²) in [6, 6.07) is 7.04. The van der Waals surface area contributed by atoms with Crippen molar-refractivity contribution in [2.45, 2.75) is 6.92 Å². The van der Waals surface area contributed by atoms with E-state index in [1.807, 2.05) is 6.92 Å². The highest BCUT2D eigenvalue weighted by molar-refractivity contribution is 6.30. The number of hydrogen-bond acceptors (Lipinski definition) is 3. The van der Waals surface area contributed by atoms with Crippen LogP contribution in [0.5, 0.6) is 0 Å². The maximum Gasteiger partial charge on any atom is 0.255 e. The van der Waals surface area contributed by atoms with E-state index < -0.39 is 0 Å². The van der Waals surface area contributed by atoms with E-state index in [0.29, 0.717) is 22.8 Å². The van der Waals surface area contributed by atoms with Crippen LogP contribution in [0.2, 0.25) is 5.02 Å². The van der Waals surface area contributed by atoms with Gasteiger partial charge in [-0.1, -0.05) is 23.7 Å². The number of carbonyl (C=O) groups excluding carboxylic acids is 2. The van der Waals surface area contributed by atoms with Crippen molar-refractivity contribution < 1.29 is 9.59 Å². The standard InChI is InChI=1S/C14H15ClN4O2/c1-2-16-12(20)8-17-14(21)11-7-18-19-13(11)9-3-5-10(15)6-4-9/h3-7H,2,8H2,1H3,(H,16,20)(H,17,21)(H,18,19). The van der Waals surface area contributed by atoms with Crippen LogP contribution in [0.3, 0.4) is 0 Å². The summed E-state index contributed by atoms with van der Waals surface area (Å²) < 4.78 is 0. The molecule has 0 atom stereocenters. The zero-order chi connectivity index (χ0) is 15.2. The Hall–Kier alpha value is -2.34. The quantitative estimate of drug-likeness (QED) is 0.784. The molecule has 0 unspecified atom stereocenters. The lowest BCUT2D eigenvalue weighted by molar-refractivity contribution is -0.120. The highest BCUT2D eigenvalue weighted by Crippen LogP contribution is 2.22. The predicted molar refractivity (Wildman–Crippen MR) is 80.1 cm³/mol. The van der Waals surface area contributed by atoms with Gasteiger partial charge in [0.1, 0.15) is 0 Å². The largest absolute Gasteiger partial charge is 0.355 e. The second-order valence-corrected chi connectivity index (χ2v) is 4.74. The van der Waals surface area contributed by atoms with Crippen molar-refractivity contribution in [1.82, 2.24) is 20.8 Å². The van der Waals surface area contributed by atoms with Gasteiger partial charge in [-0.3, -0.25) is 14.7 Å². The fourth-order valence-electron chi connectivity index (χ4n) is 1.81. The Labute approximate surface area is 126 Å². The van der Waals surface area contributed by atoms with Crippen molar-refractivity contribution >= 4 is 23.4 Å². The Morgan fingerprint density at radius 2 is 1.95 bits per heavy atom. The van der Waals surface area contributed by atoms with Gasteiger partial charge in [0.25, 0.3) is 5.91 Å². The van der Waals surface area contributed by atoms with Crippen LogP contribution in [-0.4, -0.2) is 35.1 Å². The average Bonchev–Trinajstić information content (AvgIpc) is 2.95. The SMILES string of the molecule is CCNC(=O)CNC(=O)c1cn[nH]c1-c1ccc(Cl)cc1. The van der Waals surface area contributed by atoms with Crippen LogP contribution in [0.25, 0.3) is 11.3 Å². The average molecular weight is 307 g/mol. The van der Waals surface area contributed by atoms with E-state index in [1.165, 1.54) is 6.20 Å². The van der Waals surface area contributed by atoms with Crippen molar-refractivity contribution in [3.05, 3.63) is 41.0 Å². The molecule has 2 aromatic rings. The van der Waals surface area contributed by atoms with Gasteiger partial charge in [0.2, 0.25) is 5.91 Å². The summed E-state index contributed by atoms with van der Waals surface area (Å²) in [6.07, 6.45) is 1.43. The van der Waals surface area contributed by atoms with Crippen LogP contribution in [-0.2, 0) is 4.79 Å². The summed E-state index contributed by atoms with van der Waals surface area (Å²) in [4.78, 5) is 23.4. The minimum atomic E-state index is -0.361. The predicted octanol–water partition coefficient (Wildman–Crippen LogP) is 1.60. The van der Waals surface area contributed by atoms with Crippen molar-refractivity contribution in [2.24, 2.45) is 0 Å². The van der Waals surface area contributed by atoms with Crippen LogP contribution in [0.4, 0.5) is 0 Å². The highest BCUT2D eigenvalue weighted by Gasteiger charge is 2.15. The number of nitrogens with zero attached hydrogens (tertiary/aromatic N) is 1. The molecule has 1 aromatic heterocycles. The molecule has 21 heavy (non-hydrogen) atoms. The summed E-state index contributed by atoms with van der Waals surface area (Å²) in [7, 11) is 0. The maximum absolute atomic E-state index is 12.1. The lowest BCUT2D eigenvalue weighted by atomic mass is 10.1. The van der Waals surface area contributed by atoms with Gasteiger partial charge in [-0.05, 0) is 19.1 Å². The van der Waals surface area contributed by atoms with Gasteiger partial charge in [-0.25, -0.2) is 0 Å². The Morgan fingerprint density at radius 1 is 1.24 bits per heavy atom. The van der Waals surface area contributed by atoms with Gasteiger partial charge in [-0.15, -0.1) is 0 Å². The van der Waals surface area contributed by atoms with E-state index in [9.17, 15) is 9.59 Å². The molecule has 0 spiro atoms. The molecule has 0 aliphatic carbocycles. The van der Waals surface area contributed by atoms with E-state index >= 15 is 0 Å². The van der Waals surface area contributed by atoms with Crippen LogP contribution in [0.15, 0.2) is 30.5 Å². The molecule has 0 saturated heterocycles. The lowest BCUT2D eigenvalue weighted by Gasteiger charge is -2.06. The smallest absolute Gasteiger partial charge is 0.255 e. The molecule has 2 amide bonds. The molecular weight excluding hydrogens is 292 g/mol. The van der Waals surface area contributed by atoms with Gasteiger partial charge in [-0.2, -0.15) is 5.10 Å². The summed E-state index contributed by atoms with van der Waals surface area (Å²) in [5.74, 6) is -0.595. The molecule has 0 radical (unpaired) electrons. The number of carbonyl (C=O) groups is 2. The molecule has 1 aromatic carbocycles. The van der Waals surface area contributed by atoms with Gasteiger partial charge in [0, 0.05) is 17.1 Å². The van der Waals surface area contributed by atoms with Gasteiger partial charge in [0.05, 0.1) is 24.0 Å². The first-order chi connectivity index (χ1) is 10.1. The third-order valence-electron chi connectivity index (χ3n) is 2.80. The fourth-order valence-corrected chi connectivity index (χ4v) is 1.94. The van der Waals surface area contributed by atoms with E-state index in [1.54, 1.807) is 24.3 Å². The number of rotatable bonds is 5. The molecule has 0 fully saturated rings. The van der Waals surface area contributed by atoms with Crippen LogP contribution in [0.1, 0.15) is 17.3 Å². The molecule has 110 valence electrons. The van der Waals surface area contributed by atoms with Crippen LogP contribution < -0.4 is 10.6 Å². The summed E-state index contributed by atoms with van der Waals surface area (Å²) >= 11 is 5.84. The summed E-state index contributed by atoms with van der Waals surface area (Å²) in [5, 5.41) is 12.4. The van der Waals surface area contributed by atoms with E-state index in [2.05, 4.69) is 20.8 Å². The molecule has 0 aliphatic heterocycles. The normalized spacial score (nSPS) is 10.2. The third kappa shape index (κ3) is 3.82. The number of aromatic amines is 1. The minimum absolute atomic E-state index is 0.0715. The Morgan fingerprint density at radius 3 is 2.62 bits per heavy atom. The van der Waals surface area contributed by atoms with Gasteiger partial charge >= 0.3 is 0 Å². The Bertz CT molecular complexity index is 637. The molecule has 0 bridgehead atoms. The van der Waals surface area contributed by atoms with E-state index in [-0.39, 0.29) is 18.4 Å². The number of amides is 2. The minimum Gasteiger partial charge on any atom is -0.355 e. The zero-order valence-corrected chi connectivity index (χ0v) is 12.2. The Balaban J connectivity index is 2.11. The number of aromatic nitrogens is 2. The first-order valence-electron chi connectivity index (χ1n) is 6.46. The third-order valence-corrected chi connectivity index (χ3v) is 3.05. The zero-order valence-electron chi connectivity index (χ0n) is 11.4. The molecular formula is C14H15ClN4O2. The van der Waals surface area contributed by atoms with Crippen LogP contribution in [0, 0.1) is 0 Å².